The van der Waals surface area contributed by atoms with Crippen LogP contribution >= 0.6 is 15.9 Å². The Morgan fingerprint density at radius 2 is 1.58 bits per heavy atom. The summed E-state index contributed by atoms with van der Waals surface area (Å²) >= 11 is 3.57. The van der Waals surface area contributed by atoms with Crippen LogP contribution in [0.1, 0.15) is 26.3 Å². The number of benzene rings is 4. The number of para-hydroxylation sites is 2. The monoisotopic (exact) mass is 560 g/mol. The second-order valence-corrected chi connectivity index (χ2v) is 11.6. The van der Waals surface area contributed by atoms with Crippen LogP contribution in [-0.4, -0.2) is 9.55 Å². The number of furan rings is 1. The number of pyridine rings is 1. The van der Waals surface area contributed by atoms with Gasteiger partial charge in [0.2, 0.25) is 0 Å². The van der Waals surface area contributed by atoms with E-state index in [1.54, 1.807) is 0 Å². The first-order valence-electron chi connectivity index (χ1n) is 12.7. The molecule has 3 aromatic heterocycles. The predicted octanol–water partition coefficient (Wildman–Crippen LogP) is 9.93. The average molecular weight is 561 g/mol. The van der Waals surface area contributed by atoms with Crippen LogP contribution in [0.3, 0.4) is 0 Å². The minimum atomic E-state index is -0.00256. The van der Waals surface area contributed by atoms with Gasteiger partial charge in [-0.15, -0.1) is 0 Å². The molecule has 0 N–H and O–H groups in total. The summed E-state index contributed by atoms with van der Waals surface area (Å²) in [6, 6.07) is 30.9. The molecule has 186 valence electrons. The van der Waals surface area contributed by atoms with Gasteiger partial charge in [-0.1, -0.05) is 79.2 Å². The molecule has 5 heteroatoms. The van der Waals surface area contributed by atoms with E-state index in [-0.39, 0.29) is 5.41 Å². The Kier molecular flexibility index (Phi) is 5.14. The number of fused-ring (bicyclic) bond motifs is 7. The lowest BCUT2D eigenvalue weighted by atomic mass is 9.88. The molecule has 4 aromatic carbocycles. The molecule has 0 bridgehead atoms. The molecule has 0 spiro atoms. The van der Waals surface area contributed by atoms with E-state index in [4.69, 9.17) is 14.1 Å². The second-order valence-electron chi connectivity index (χ2n) is 10.6. The molecule has 0 saturated heterocycles. The summed E-state index contributed by atoms with van der Waals surface area (Å²) < 4.78 is 16.4. The lowest BCUT2D eigenvalue weighted by Crippen LogP contribution is -2.12. The molecule has 0 amide bonds. The van der Waals surface area contributed by atoms with Gasteiger partial charge in [-0.25, -0.2) is 4.98 Å². The largest absolute Gasteiger partial charge is 0.456 e. The zero-order valence-electron chi connectivity index (χ0n) is 21.3. The van der Waals surface area contributed by atoms with E-state index in [1.807, 2.05) is 48.7 Å². The summed E-state index contributed by atoms with van der Waals surface area (Å²) in [5.41, 5.74) is 4.93. The van der Waals surface area contributed by atoms with Crippen LogP contribution in [0, 0.1) is 0 Å². The van der Waals surface area contributed by atoms with Crippen LogP contribution in [0.5, 0.6) is 11.5 Å². The maximum absolute atomic E-state index is 6.59. The Morgan fingerprint density at radius 3 is 2.39 bits per heavy atom. The Balaban J connectivity index is 1.63. The number of nitrogens with zero attached hydrogens (tertiary/aromatic N) is 2. The third kappa shape index (κ3) is 3.61. The quantitative estimate of drug-likeness (QED) is 0.216. The summed E-state index contributed by atoms with van der Waals surface area (Å²) in [5.74, 6) is 2.36. The molecule has 0 radical (unpaired) electrons. The van der Waals surface area contributed by atoms with Crippen molar-refractivity contribution >= 4 is 59.7 Å². The lowest BCUT2D eigenvalue weighted by Gasteiger charge is -2.20. The van der Waals surface area contributed by atoms with Crippen LogP contribution in [0.4, 0.5) is 0 Å². The Labute approximate surface area is 228 Å². The average Bonchev–Trinajstić information content (AvgIpc) is 3.44. The molecule has 0 unspecified atom stereocenters. The first kappa shape index (κ1) is 23.1. The SMILES string of the molecule is CC(C)(C)c1ccnc(-n2c3ccccc3c3c4oc5ccccc5c4c(Oc4cccc(Br)c4)cc32)c1. The minimum absolute atomic E-state index is 0.00256. The van der Waals surface area contributed by atoms with Gasteiger partial charge in [-0.05, 0) is 53.4 Å². The van der Waals surface area contributed by atoms with Crippen molar-refractivity contribution in [3.63, 3.8) is 0 Å². The lowest BCUT2D eigenvalue weighted by molar-refractivity contribution is 0.488. The zero-order chi connectivity index (χ0) is 26.0. The van der Waals surface area contributed by atoms with E-state index < -0.39 is 0 Å². The standard InChI is InChI=1S/C33H25BrN2O2/c1-33(2,3)20-15-16-35-29(17-20)36-25-13-6-4-11-23(25)30-26(36)19-28(37-22-10-8-9-21(34)18-22)31-24-12-5-7-14-27(24)38-32(30)31/h4-19H,1-3H3. The van der Waals surface area contributed by atoms with Crippen molar-refractivity contribution in [2.75, 3.05) is 0 Å². The van der Waals surface area contributed by atoms with Gasteiger partial charge < -0.3 is 9.15 Å². The van der Waals surface area contributed by atoms with Crippen LogP contribution in [-0.2, 0) is 5.41 Å². The fourth-order valence-electron chi connectivity index (χ4n) is 5.29. The Morgan fingerprint density at radius 1 is 0.789 bits per heavy atom. The highest BCUT2D eigenvalue weighted by Gasteiger charge is 2.24. The normalized spacial score (nSPS) is 12.2. The third-order valence-corrected chi connectivity index (χ3v) is 7.61. The Bertz CT molecular complexity index is 2010. The minimum Gasteiger partial charge on any atom is -0.456 e. The molecule has 38 heavy (non-hydrogen) atoms. The second kappa shape index (κ2) is 8.47. The molecule has 3 heterocycles. The Hall–Kier alpha value is -4.09. The van der Waals surface area contributed by atoms with E-state index >= 15 is 0 Å². The number of halogens is 1. The predicted molar refractivity (Wildman–Crippen MR) is 159 cm³/mol. The molecular formula is C33H25BrN2O2. The first-order valence-corrected chi connectivity index (χ1v) is 13.5. The highest BCUT2D eigenvalue weighted by molar-refractivity contribution is 9.10. The van der Waals surface area contributed by atoms with Crippen LogP contribution in [0.15, 0.2) is 106 Å². The fourth-order valence-corrected chi connectivity index (χ4v) is 5.67. The van der Waals surface area contributed by atoms with Gasteiger partial charge in [0.15, 0.2) is 0 Å². The van der Waals surface area contributed by atoms with Gasteiger partial charge in [0.05, 0.1) is 21.8 Å². The van der Waals surface area contributed by atoms with Crippen LogP contribution in [0.2, 0.25) is 0 Å². The zero-order valence-corrected chi connectivity index (χ0v) is 22.9. The van der Waals surface area contributed by atoms with Crippen molar-refractivity contribution in [1.82, 2.24) is 9.55 Å². The van der Waals surface area contributed by atoms with Crippen LogP contribution < -0.4 is 4.74 Å². The maximum atomic E-state index is 6.59. The molecule has 0 aliphatic rings. The van der Waals surface area contributed by atoms with E-state index in [9.17, 15) is 0 Å². The molecule has 0 atom stereocenters. The molecule has 0 aliphatic carbocycles. The van der Waals surface area contributed by atoms with Crippen molar-refractivity contribution in [2.24, 2.45) is 0 Å². The molecular weight excluding hydrogens is 536 g/mol. The molecule has 7 aromatic rings. The molecule has 0 fully saturated rings. The van der Waals surface area contributed by atoms with Gasteiger partial charge in [0.25, 0.3) is 0 Å². The van der Waals surface area contributed by atoms with E-state index in [0.29, 0.717) is 0 Å². The summed E-state index contributed by atoms with van der Waals surface area (Å²) in [6.45, 7) is 6.67. The molecule has 7 rings (SSSR count). The number of hydrogen-bond acceptors (Lipinski definition) is 3. The maximum Gasteiger partial charge on any atom is 0.149 e. The highest BCUT2D eigenvalue weighted by atomic mass is 79.9. The number of ether oxygens (including phenoxy) is 1. The number of rotatable bonds is 3. The van der Waals surface area contributed by atoms with Crippen molar-refractivity contribution in [3.05, 3.63) is 107 Å². The van der Waals surface area contributed by atoms with Crippen molar-refractivity contribution in [1.29, 1.82) is 0 Å². The molecule has 0 aliphatic heterocycles. The van der Waals surface area contributed by atoms with Crippen molar-refractivity contribution < 1.29 is 9.15 Å². The van der Waals surface area contributed by atoms with E-state index in [2.05, 4.69) is 89.8 Å². The number of aromatic nitrogens is 2. The van der Waals surface area contributed by atoms with Crippen LogP contribution in [0.25, 0.3) is 49.6 Å². The van der Waals surface area contributed by atoms with Gasteiger partial charge in [-0.2, -0.15) is 0 Å². The van der Waals surface area contributed by atoms with Crippen molar-refractivity contribution in [3.8, 4) is 17.3 Å². The van der Waals surface area contributed by atoms with E-state index in [0.717, 1.165) is 65.5 Å². The van der Waals surface area contributed by atoms with Gasteiger partial charge >= 0.3 is 0 Å². The topological polar surface area (TPSA) is 40.2 Å². The van der Waals surface area contributed by atoms with Gasteiger partial charge in [-0.3, -0.25) is 4.57 Å². The summed E-state index contributed by atoms with van der Waals surface area (Å²) in [7, 11) is 0. The summed E-state index contributed by atoms with van der Waals surface area (Å²) in [6.07, 6.45) is 1.90. The summed E-state index contributed by atoms with van der Waals surface area (Å²) in [5, 5.41) is 4.16. The van der Waals surface area contributed by atoms with Crippen molar-refractivity contribution in [2.45, 2.75) is 26.2 Å². The highest BCUT2D eigenvalue weighted by Crippen LogP contribution is 2.46. The van der Waals surface area contributed by atoms with Gasteiger partial charge in [0.1, 0.15) is 28.5 Å². The van der Waals surface area contributed by atoms with E-state index in [1.165, 1.54) is 5.56 Å². The third-order valence-electron chi connectivity index (χ3n) is 7.11. The number of hydrogen-bond donors (Lipinski definition) is 0. The van der Waals surface area contributed by atoms with Gasteiger partial charge in [0, 0.05) is 27.5 Å². The smallest absolute Gasteiger partial charge is 0.149 e. The first-order chi connectivity index (χ1) is 18.4. The fraction of sp³-hybridized carbons (Fsp3) is 0.121. The summed E-state index contributed by atoms with van der Waals surface area (Å²) in [4.78, 5) is 4.83. The molecule has 4 nitrogen and oxygen atoms in total. The molecule has 0 saturated carbocycles.